The highest BCUT2D eigenvalue weighted by molar-refractivity contribution is 5.86. The van der Waals surface area contributed by atoms with Crippen LogP contribution in [-0.4, -0.2) is 29.5 Å². The topological polar surface area (TPSA) is 89.1 Å². The van der Waals surface area contributed by atoms with E-state index in [1.807, 2.05) is 6.92 Å². The van der Waals surface area contributed by atoms with Gasteiger partial charge in [-0.05, 0) is 43.9 Å². The Hall–Kier alpha value is -2.21. The van der Waals surface area contributed by atoms with Gasteiger partial charge in [-0.3, -0.25) is 0 Å². The zero-order chi connectivity index (χ0) is 18.9. The van der Waals surface area contributed by atoms with Crippen LogP contribution in [0.25, 0.3) is 11.0 Å². The molecule has 0 radical (unpaired) electrons. The summed E-state index contributed by atoms with van der Waals surface area (Å²) >= 11 is 0. The second-order valence-electron chi connectivity index (χ2n) is 6.29. The molecule has 0 aliphatic rings. The predicted molar refractivity (Wildman–Crippen MR) is 100 cm³/mol. The Kier molecular flexibility index (Phi) is 7.78. The van der Waals surface area contributed by atoms with E-state index in [-0.39, 0.29) is 29.8 Å². The van der Waals surface area contributed by atoms with Gasteiger partial charge in [0.15, 0.2) is 5.75 Å². The van der Waals surface area contributed by atoms with Gasteiger partial charge in [-0.25, -0.2) is 4.79 Å². The average molecular weight is 364 g/mol. The van der Waals surface area contributed by atoms with E-state index in [0.29, 0.717) is 24.2 Å². The molecule has 2 aromatic rings. The maximum absolute atomic E-state index is 12.2. The molecule has 1 atom stereocenters. The van der Waals surface area contributed by atoms with Crippen LogP contribution in [0.5, 0.6) is 17.2 Å². The first-order valence-corrected chi connectivity index (χ1v) is 9.30. The van der Waals surface area contributed by atoms with Gasteiger partial charge in [0.2, 0.25) is 5.75 Å². The summed E-state index contributed by atoms with van der Waals surface area (Å²) in [5.41, 5.74) is -0.397. The van der Waals surface area contributed by atoms with Gasteiger partial charge >= 0.3 is 5.63 Å². The van der Waals surface area contributed by atoms with E-state index in [0.717, 1.165) is 32.1 Å². The third-order valence-electron chi connectivity index (χ3n) is 4.25. The number of rotatable bonds is 11. The van der Waals surface area contributed by atoms with Crippen molar-refractivity contribution in [3.05, 3.63) is 28.6 Å². The summed E-state index contributed by atoms with van der Waals surface area (Å²) in [5.74, 6) is 0.202. The van der Waals surface area contributed by atoms with Crippen LogP contribution in [0.15, 0.2) is 27.4 Å². The summed E-state index contributed by atoms with van der Waals surface area (Å²) in [6.45, 7) is 4.67. The fraction of sp³-hybridized carbons (Fsp3) is 0.550. The van der Waals surface area contributed by atoms with Crippen LogP contribution in [0.1, 0.15) is 52.4 Å². The highest BCUT2D eigenvalue weighted by Gasteiger charge is 2.19. The van der Waals surface area contributed by atoms with Crippen molar-refractivity contribution in [2.24, 2.45) is 0 Å². The largest absolute Gasteiger partial charge is 0.504 e. The molecule has 6 nitrogen and oxygen atoms in total. The standard InChI is InChI=1S/C20H28O6/c1-3-5-8-14(4-2)25-19-18(22)16-13-15(24-12-7-6-11-21)9-10-17(16)26-20(19)23/h9-10,13-14,21-22H,3-8,11-12H2,1-2H3. The van der Waals surface area contributed by atoms with Gasteiger partial charge < -0.3 is 24.1 Å². The molecule has 0 saturated heterocycles. The van der Waals surface area contributed by atoms with Crippen LogP contribution < -0.4 is 15.1 Å². The summed E-state index contributed by atoms with van der Waals surface area (Å²) in [6, 6.07) is 4.91. The Morgan fingerprint density at radius 3 is 2.69 bits per heavy atom. The molecule has 0 saturated carbocycles. The molecule has 0 amide bonds. The highest BCUT2D eigenvalue weighted by atomic mass is 16.5. The molecule has 2 N–H and O–H groups in total. The van der Waals surface area contributed by atoms with Crippen molar-refractivity contribution in [2.75, 3.05) is 13.2 Å². The van der Waals surface area contributed by atoms with E-state index >= 15 is 0 Å². The molecule has 144 valence electrons. The van der Waals surface area contributed by atoms with E-state index in [9.17, 15) is 9.90 Å². The first-order valence-electron chi connectivity index (χ1n) is 9.30. The molecule has 0 aliphatic heterocycles. The van der Waals surface area contributed by atoms with Crippen LogP contribution >= 0.6 is 0 Å². The van der Waals surface area contributed by atoms with Gasteiger partial charge in [-0.15, -0.1) is 0 Å². The van der Waals surface area contributed by atoms with Gasteiger partial charge in [0.25, 0.3) is 0 Å². The lowest BCUT2D eigenvalue weighted by atomic mass is 10.1. The molecular formula is C20H28O6. The van der Waals surface area contributed by atoms with Crippen molar-refractivity contribution >= 4 is 11.0 Å². The van der Waals surface area contributed by atoms with Crippen LogP contribution in [-0.2, 0) is 0 Å². The Bertz CT molecular complexity index is 752. The minimum absolute atomic E-state index is 0.129. The van der Waals surface area contributed by atoms with E-state index in [1.54, 1.807) is 18.2 Å². The molecule has 1 unspecified atom stereocenters. The highest BCUT2D eigenvalue weighted by Crippen LogP contribution is 2.34. The number of aliphatic hydroxyl groups excluding tert-OH is 1. The third kappa shape index (κ3) is 5.14. The van der Waals surface area contributed by atoms with Crippen LogP contribution in [0.2, 0.25) is 0 Å². The summed E-state index contributed by atoms with van der Waals surface area (Å²) in [7, 11) is 0. The third-order valence-corrected chi connectivity index (χ3v) is 4.25. The van der Waals surface area contributed by atoms with Crippen molar-refractivity contribution in [1.82, 2.24) is 0 Å². The number of fused-ring (bicyclic) bond motifs is 1. The van der Waals surface area contributed by atoms with Crippen LogP contribution in [0.3, 0.4) is 0 Å². The molecule has 0 bridgehead atoms. The van der Waals surface area contributed by atoms with Gasteiger partial charge in [-0.1, -0.05) is 26.7 Å². The second kappa shape index (κ2) is 10.1. The van der Waals surface area contributed by atoms with Crippen molar-refractivity contribution in [3.8, 4) is 17.2 Å². The SMILES string of the molecule is CCCCC(CC)Oc1c(O)c2cc(OCCCCO)ccc2oc1=O. The normalized spacial score (nSPS) is 12.3. The van der Waals surface area contributed by atoms with E-state index < -0.39 is 5.63 Å². The number of hydrogen-bond donors (Lipinski definition) is 2. The summed E-state index contributed by atoms with van der Waals surface area (Å²) in [4.78, 5) is 12.2. The van der Waals surface area contributed by atoms with Gasteiger partial charge in [0.05, 0.1) is 18.1 Å². The Morgan fingerprint density at radius 1 is 1.19 bits per heavy atom. The van der Waals surface area contributed by atoms with E-state index in [2.05, 4.69) is 6.92 Å². The van der Waals surface area contributed by atoms with Crippen LogP contribution in [0, 0.1) is 0 Å². The number of ether oxygens (including phenoxy) is 2. The maximum atomic E-state index is 12.2. The minimum Gasteiger partial charge on any atom is -0.504 e. The zero-order valence-electron chi connectivity index (χ0n) is 15.5. The van der Waals surface area contributed by atoms with Crippen molar-refractivity contribution < 1.29 is 24.1 Å². The fourth-order valence-corrected chi connectivity index (χ4v) is 2.69. The molecule has 0 aliphatic carbocycles. The first-order chi connectivity index (χ1) is 12.6. The van der Waals surface area contributed by atoms with Crippen LogP contribution in [0.4, 0.5) is 0 Å². The molecular weight excluding hydrogens is 336 g/mol. The monoisotopic (exact) mass is 364 g/mol. The fourth-order valence-electron chi connectivity index (χ4n) is 2.69. The number of hydrogen-bond acceptors (Lipinski definition) is 6. The Labute approximate surface area is 153 Å². The number of unbranched alkanes of at least 4 members (excludes halogenated alkanes) is 2. The average Bonchev–Trinajstić information content (AvgIpc) is 2.65. The predicted octanol–water partition coefficient (Wildman–Crippen LogP) is 4.00. The van der Waals surface area contributed by atoms with Gasteiger partial charge in [-0.2, -0.15) is 0 Å². The number of aromatic hydroxyl groups is 1. The van der Waals surface area contributed by atoms with Gasteiger partial charge in [0, 0.05) is 6.61 Å². The molecule has 1 aromatic heterocycles. The van der Waals surface area contributed by atoms with E-state index in [1.165, 1.54) is 0 Å². The van der Waals surface area contributed by atoms with Gasteiger partial charge in [0.1, 0.15) is 11.3 Å². The lowest BCUT2D eigenvalue weighted by molar-refractivity contribution is 0.170. The lowest BCUT2D eigenvalue weighted by Gasteiger charge is -2.17. The molecule has 2 rings (SSSR count). The minimum atomic E-state index is -0.679. The maximum Gasteiger partial charge on any atom is 0.383 e. The smallest absolute Gasteiger partial charge is 0.383 e. The summed E-state index contributed by atoms with van der Waals surface area (Å²) in [5, 5.41) is 19.7. The van der Waals surface area contributed by atoms with E-state index in [4.69, 9.17) is 19.0 Å². The summed E-state index contributed by atoms with van der Waals surface area (Å²) in [6.07, 6.45) is 4.84. The Morgan fingerprint density at radius 2 is 2.00 bits per heavy atom. The second-order valence-corrected chi connectivity index (χ2v) is 6.29. The van der Waals surface area contributed by atoms with Crippen molar-refractivity contribution in [2.45, 2.75) is 58.5 Å². The quantitative estimate of drug-likeness (QED) is 0.463. The van der Waals surface area contributed by atoms with Crippen molar-refractivity contribution in [1.29, 1.82) is 0 Å². The summed E-state index contributed by atoms with van der Waals surface area (Å²) < 4.78 is 16.7. The number of aliphatic hydroxyl groups is 1. The lowest BCUT2D eigenvalue weighted by Crippen LogP contribution is -2.19. The first kappa shape index (κ1) is 20.1. The Balaban J connectivity index is 2.26. The zero-order valence-corrected chi connectivity index (χ0v) is 15.5. The molecule has 1 aromatic carbocycles. The molecule has 0 fully saturated rings. The number of benzene rings is 1. The molecule has 0 spiro atoms. The van der Waals surface area contributed by atoms with Crippen molar-refractivity contribution in [3.63, 3.8) is 0 Å². The molecule has 1 heterocycles. The molecule has 6 heteroatoms. The molecule has 26 heavy (non-hydrogen) atoms.